The molecule has 17 heavy (non-hydrogen) atoms. The van der Waals surface area contributed by atoms with E-state index >= 15 is 0 Å². The van der Waals surface area contributed by atoms with E-state index in [0.29, 0.717) is 0 Å². The van der Waals surface area contributed by atoms with Gasteiger partial charge >= 0.3 is 0 Å². The third-order valence-corrected chi connectivity index (χ3v) is 2.87. The first-order chi connectivity index (χ1) is 7.89. The number of aryl methyl sites for hydroxylation is 1. The molecule has 1 aliphatic heterocycles. The van der Waals surface area contributed by atoms with Crippen molar-refractivity contribution in [2.75, 3.05) is 0 Å². The van der Waals surface area contributed by atoms with Crippen LogP contribution in [0.4, 0.5) is 0 Å². The summed E-state index contributed by atoms with van der Waals surface area (Å²) >= 11 is 0. The lowest BCUT2D eigenvalue weighted by Crippen LogP contribution is -2.14. The maximum atomic E-state index is 10.5. The highest BCUT2D eigenvalue weighted by Gasteiger charge is 2.06. The third kappa shape index (κ3) is 4.88. The van der Waals surface area contributed by atoms with Gasteiger partial charge in [0.15, 0.2) is 6.23 Å². The van der Waals surface area contributed by atoms with Crippen molar-refractivity contribution in [3.8, 4) is 0 Å². The molecule has 0 unspecified atom stereocenters. The Morgan fingerprint density at radius 1 is 1.29 bits per heavy atom. The maximum Gasteiger partial charge on any atom is 0.294 e. The molecule has 1 heterocycles. The minimum absolute atomic E-state index is 0.0666. The Labute approximate surface area is 101 Å². The molecule has 1 atom stereocenters. The molecule has 0 spiro atoms. The molecule has 0 radical (unpaired) electrons. The fraction of sp³-hybridized carbons (Fsp3) is 0.273. The van der Waals surface area contributed by atoms with Gasteiger partial charge < -0.3 is 10.1 Å². The molecule has 0 saturated heterocycles. The van der Waals surface area contributed by atoms with Crippen molar-refractivity contribution >= 4 is 10.1 Å². The molecule has 1 aromatic rings. The van der Waals surface area contributed by atoms with Crippen LogP contribution in [0.3, 0.4) is 0 Å². The van der Waals surface area contributed by atoms with Gasteiger partial charge in [0.25, 0.3) is 10.1 Å². The molecule has 2 rings (SSSR count). The van der Waals surface area contributed by atoms with Gasteiger partial charge in [-0.05, 0) is 26.0 Å². The minimum Gasteiger partial charge on any atom is -0.477 e. The summed E-state index contributed by atoms with van der Waals surface area (Å²) in [6.45, 7) is 3.79. The highest BCUT2D eigenvalue weighted by atomic mass is 32.2. The van der Waals surface area contributed by atoms with E-state index < -0.39 is 10.1 Å². The second kappa shape index (κ2) is 5.70. The quantitative estimate of drug-likeness (QED) is 0.748. The van der Waals surface area contributed by atoms with E-state index in [4.69, 9.17) is 9.29 Å². The fourth-order valence-electron chi connectivity index (χ4n) is 1.08. The molecule has 0 fully saturated rings. The number of ether oxygens (including phenoxy) is 1. The highest BCUT2D eigenvalue weighted by molar-refractivity contribution is 7.85. The van der Waals surface area contributed by atoms with E-state index in [1.54, 1.807) is 24.6 Å². The molecule has 94 valence electrons. The first-order valence-corrected chi connectivity index (χ1v) is 6.44. The van der Waals surface area contributed by atoms with Crippen molar-refractivity contribution in [1.82, 2.24) is 5.32 Å². The first kappa shape index (κ1) is 13.5. The van der Waals surface area contributed by atoms with E-state index in [1.807, 2.05) is 13.8 Å². The average molecular weight is 257 g/mol. The fourth-order valence-corrected chi connectivity index (χ4v) is 1.56. The predicted molar refractivity (Wildman–Crippen MR) is 63.8 cm³/mol. The van der Waals surface area contributed by atoms with Crippen LogP contribution in [0, 0.1) is 6.92 Å². The summed E-state index contributed by atoms with van der Waals surface area (Å²) in [5.41, 5.74) is 0.956. The summed E-state index contributed by atoms with van der Waals surface area (Å²) in [4.78, 5) is -0.0666. The van der Waals surface area contributed by atoms with Crippen LogP contribution in [0.5, 0.6) is 0 Å². The Hall–Kier alpha value is -1.53. The Morgan fingerprint density at radius 3 is 2.18 bits per heavy atom. The van der Waals surface area contributed by atoms with Crippen LogP contribution in [-0.4, -0.2) is 19.2 Å². The topological polar surface area (TPSA) is 75.6 Å². The van der Waals surface area contributed by atoms with Gasteiger partial charge in [-0.1, -0.05) is 17.7 Å². The van der Waals surface area contributed by atoms with Gasteiger partial charge in [0, 0.05) is 6.20 Å². The maximum absolute atomic E-state index is 10.5. The summed E-state index contributed by atoms with van der Waals surface area (Å²) in [6, 6.07) is 5.99. The number of rotatable bonds is 1. The van der Waals surface area contributed by atoms with Gasteiger partial charge in [0.2, 0.25) is 0 Å². The molecule has 6 heteroatoms. The molecule has 1 aromatic carbocycles. The van der Waals surface area contributed by atoms with Crippen molar-refractivity contribution in [1.29, 1.82) is 0 Å². The zero-order chi connectivity index (χ0) is 12.9. The van der Waals surface area contributed by atoms with Gasteiger partial charge in [0.05, 0.1) is 4.90 Å². The zero-order valence-electron chi connectivity index (χ0n) is 9.62. The second-order valence-corrected chi connectivity index (χ2v) is 4.96. The molecular formula is C11H15NO4S. The monoisotopic (exact) mass is 257 g/mol. The molecule has 5 nitrogen and oxygen atoms in total. The Morgan fingerprint density at radius 2 is 1.88 bits per heavy atom. The van der Waals surface area contributed by atoms with Crippen molar-refractivity contribution < 1.29 is 17.7 Å². The van der Waals surface area contributed by atoms with Gasteiger partial charge in [-0.25, -0.2) is 0 Å². The zero-order valence-corrected chi connectivity index (χ0v) is 10.4. The number of benzene rings is 1. The molecule has 1 aliphatic rings. The summed E-state index contributed by atoms with van der Waals surface area (Å²) in [5, 5.41) is 2.92. The van der Waals surface area contributed by atoms with Gasteiger partial charge in [-0.2, -0.15) is 8.42 Å². The van der Waals surface area contributed by atoms with Crippen LogP contribution in [0.2, 0.25) is 0 Å². The van der Waals surface area contributed by atoms with E-state index in [2.05, 4.69) is 5.32 Å². The molecule has 2 N–H and O–H groups in total. The summed E-state index contributed by atoms with van der Waals surface area (Å²) in [5.74, 6) is 0. The van der Waals surface area contributed by atoms with E-state index in [-0.39, 0.29) is 11.1 Å². The molecule has 0 saturated carbocycles. The SMILES string of the molecule is C[C@H]1NC=CO1.Cc1ccc(S(=O)(=O)O)cc1. The van der Waals surface area contributed by atoms with Crippen LogP contribution >= 0.6 is 0 Å². The standard InChI is InChI=1S/C7H8O3S.C4H7NO/c1-6-2-4-7(5-3-6)11(8,9)10;1-4-5-2-3-6-4/h2-5H,1H3,(H,8,9,10);2-5H,1H3/t;4-/m.0/s1. The van der Waals surface area contributed by atoms with Crippen molar-refractivity contribution in [2.45, 2.75) is 25.0 Å². The average Bonchev–Trinajstić information content (AvgIpc) is 2.69. The lowest BCUT2D eigenvalue weighted by Gasteiger charge is -1.99. The van der Waals surface area contributed by atoms with Crippen molar-refractivity contribution in [3.05, 3.63) is 42.3 Å². The van der Waals surface area contributed by atoms with Gasteiger partial charge in [0.1, 0.15) is 6.26 Å². The molecule has 0 aromatic heterocycles. The van der Waals surface area contributed by atoms with Crippen LogP contribution < -0.4 is 5.32 Å². The molecule has 0 bridgehead atoms. The smallest absolute Gasteiger partial charge is 0.294 e. The summed E-state index contributed by atoms with van der Waals surface area (Å²) < 4.78 is 34.4. The Balaban J connectivity index is 0.000000202. The Kier molecular flexibility index (Phi) is 4.53. The molecular weight excluding hydrogens is 242 g/mol. The predicted octanol–water partition coefficient (Wildman–Crippen LogP) is 1.67. The largest absolute Gasteiger partial charge is 0.477 e. The first-order valence-electron chi connectivity index (χ1n) is 5.00. The third-order valence-electron chi connectivity index (χ3n) is 2.00. The van der Waals surface area contributed by atoms with Crippen LogP contribution in [0.15, 0.2) is 41.6 Å². The minimum atomic E-state index is -4.02. The lowest BCUT2D eigenvalue weighted by atomic mass is 10.2. The van der Waals surface area contributed by atoms with Crippen LogP contribution in [0.1, 0.15) is 12.5 Å². The van der Waals surface area contributed by atoms with E-state index in [0.717, 1.165) is 5.56 Å². The normalized spacial score (nSPS) is 17.7. The summed E-state index contributed by atoms with van der Waals surface area (Å²) in [7, 11) is -4.02. The Bertz CT molecular complexity index is 471. The van der Waals surface area contributed by atoms with Crippen LogP contribution in [-0.2, 0) is 14.9 Å². The van der Waals surface area contributed by atoms with Gasteiger partial charge in [-0.3, -0.25) is 4.55 Å². The number of hydrogen-bond acceptors (Lipinski definition) is 4. The number of hydrogen-bond donors (Lipinski definition) is 2. The van der Waals surface area contributed by atoms with Crippen molar-refractivity contribution in [3.63, 3.8) is 0 Å². The van der Waals surface area contributed by atoms with E-state index in [9.17, 15) is 8.42 Å². The van der Waals surface area contributed by atoms with E-state index in [1.165, 1.54) is 12.1 Å². The van der Waals surface area contributed by atoms with Gasteiger partial charge in [-0.15, -0.1) is 0 Å². The van der Waals surface area contributed by atoms with Crippen molar-refractivity contribution in [2.24, 2.45) is 0 Å². The second-order valence-electron chi connectivity index (χ2n) is 3.54. The molecule has 0 aliphatic carbocycles. The highest BCUT2D eigenvalue weighted by Crippen LogP contribution is 2.08. The van der Waals surface area contributed by atoms with Crippen LogP contribution in [0.25, 0.3) is 0 Å². The lowest BCUT2D eigenvalue weighted by molar-refractivity contribution is 0.171. The number of nitrogens with one attached hydrogen (secondary N) is 1. The summed E-state index contributed by atoms with van der Waals surface area (Å²) in [6.07, 6.45) is 3.61. The molecule has 0 amide bonds.